The van der Waals surface area contributed by atoms with E-state index >= 15 is 0 Å². The number of esters is 1. The molecule has 4 rings (SSSR count). The van der Waals surface area contributed by atoms with Crippen LogP contribution < -0.4 is 5.32 Å². The number of halogens is 2. The fourth-order valence-electron chi connectivity index (χ4n) is 5.31. The summed E-state index contributed by atoms with van der Waals surface area (Å²) in [4.78, 5) is 54.5. The lowest BCUT2D eigenvalue weighted by Gasteiger charge is -2.37. The molecule has 1 saturated carbocycles. The van der Waals surface area contributed by atoms with Gasteiger partial charge in [-0.1, -0.05) is 66.7 Å². The average molecular weight is 629 g/mol. The molecule has 2 amide bonds. The summed E-state index contributed by atoms with van der Waals surface area (Å²) in [5.41, 5.74) is -0.0711. The van der Waals surface area contributed by atoms with Crippen molar-refractivity contribution < 1.29 is 29.2 Å². The van der Waals surface area contributed by atoms with Crippen LogP contribution in [0.3, 0.4) is 0 Å². The Labute approximate surface area is 258 Å². The number of ether oxygens (including phenoxy) is 1. The fraction of sp³-hybridized carbons (Fsp3) is 0.323. The quantitative estimate of drug-likeness (QED) is 0.159. The van der Waals surface area contributed by atoms with Gasteiger partial charge in [0, 0.05) is 28.6 Å². The largest absolute Gasteiger partial charge is 0.508 e. The normalized spacial score (nSPS) is 14.8. The van der Waals surface area contributed by atoms with Crippen molar-refractivity contribution in [3.63, 3.8) is 0 Å². The molecule has 10 nitrogen and oxygen atoms in total. The zero-order valence-electron chi connectivity index (χ0n) is 23.4. The number of hydrogen-bond donors (Lipinski definition) is 2. The second-order valence-corrected chi connectivity index (χ2v) is 11.2. The zero-order chi connectivity index (χ0) is 31.1. The van der Waals surface area contributed by atoms with Crippen LogP contribution in [0.1, 0.15) is 59.6 Å². The number of benzene rings is 3. The lowest BCUT2D eigenvalue weighted by atomic mass is 9.93. The maximum absolute atomic E-state index is 14.5. The number of nitro groups is 1. The Morgan fingerprint density at radius 2 is 1.63 bits per heavy atom. The first-order valence-corrected chi connectivity index (χ1v) is 14.5. The Bertz CT molecular complexity index is 1480. The van der Waals surface area contributed by atoms with Gasteiger partial charge in [0.05, 0.1) is 12.0 Å². The minimum atomic E-state index is -1.41. The molecule has 2 atom stereocenters. The van der Waals surface area contributed by atoms with Gasteiger partial charge in [0.15, 0.2) is 0 Å². The van der Waals surface area contributed by atoms with Crippen LogP contribution in [-0.2, 0) is 20.7 Å². The number of hydrogen-bond acceptors (Lipinski definition) is 7. The first-order chi connectivity index (χ1) is 20.6. The maximum Gasteiger partial charge on any atom is 0.328 e. The molecule has 226 valence electrons. The van der Waals surface area contributed by atoms with E-state index in [0.717, 1.165) is 50.2 Å². The summed E-state index contributed by atoms with van der Waals surface area (Å²) < 4.78 is 5.12. The first kappa shape index (κ1) is 31.8. The summed E-state index contributed by atoms with van der Waals surface area (Å²) in [6, 6.07) is 12.8. The van der Waals surface area contributed by atoms with E-state index in [1.807, 2.05) is 0 Å². The summed E-state index contributed by atoms with van der Waals surface area (Å²) in [7, 11) is 1.15. The highest BCUT2D eigenvalue weighted by molar-refractivity contribution is 6.31. The van der Waals surface area contributed by atoms with Crippen LogP contribution in [0.5, 0.6) is 5.75 Å². The second kappa shape index (κ2) is 14.3. The van der Waals surface area contributed by atoms with Crippen molar-refractivity contribution in [3.8, 4) is 5.75 Å². The fourth-order valence-corrected chi connectivity index (χ4v) is 5.60. The molecule has 0 aliphatic heterocycles. The number of nitrogens with one attached hydrogen (secondary N) is 1. The van der Waals surface area contributed by atoms with E-state index in [0.29, 0.717) is 16.1 Å². The van der Waals surface area contributed by atoms with Gasteiger partial charge in [0.25, 0.3) is 11.6 Å². The highest BCUT2D eigenvalue weighted by Gasteiger charge is 2.43. The molecule has 0 aromatic heterocycles. The van der Waals surface area contributed by atoms with Crippen molar-refractivity contribution in [2.75, 3.05) is 7.11 Å². The number of phenolic OH excluding ortho intramolecular Hbond substituents is 1. The molecule has 0 saturated heterocycles. The minimum absolute atomic E-state index is 0.00556. The predicted octanol–water partition coefficient (Wildman–Crippen LogP) is 6.02. The van der Waals surface area contributed by atoms with E-state index in [2.05, 4.69) is 5.32 Å². The maximum atomic E-state index is 14.5. The molecular formula is C31H31Cl2N3O7. The number of carbonyl (C=O) groups is 3. The summed E-state index contributed by atoms with van der Waals surface area (Å²) >= 11 is 12.2. The molecule has 0 heterocycles. The van der Waals surface area contributed by atoms with Gasteiger partial charge >= 0.3 is 5.97 Å². The lowest BCUT2D eigenvalue weighted by molar-refractivity contribution is -0.385. The van der Waals surface area contributed by atoms with Gasteiger partial charge in [-0.15, -0.1) is 0 Å². The second-order valence-electron chi connectivity index (χ2n) is 10.3. The number of phenols is 1. The predicted molar refractivity (Wildman–Crippen MR) is 161 cm³/mol. The summed E-state index contributed by atoms with van der Waals surface area (Å²) in [6.45, 7) is 0. The molecule has 43 heavy (non-hydrogen) atoms. The molecule has 1 fully saturated rings. The van der Waals surface area contributed by atoms with Gasteiger partial charge in [0.1, 0.15) is 23.4 Å². The smallest absolute Gasteiger partial charge is 0.328 e. The molecule has 12 heteroatoms. The number of carbonyl (C=O) groups excluding carboxylic acids is 3. The Kier molecular flexibility index (Phi) is 10.6. The van der Waals surface area contributed by atoms with Gasteiger partial charge < -0.3 is 20.1 Å². The minimum Gasteiger partial charge on any atom is -0.508 e. The summed E-state index contributed by atoms with van der Waals surface area (Å²) in [5.74, 6) is -2.36. The van der Waals surface area contributed by atoms with Crippen molar-refractivity contribution in [2.45, 2.75) is 56.7 Å². The van der Waals surface area contributed by atoms with E-state index in [9.17, 15) is 29.6 Å². The van der Waals surface area contributed by atoms with Crippen molar-refractivity contribution >= 4 is 46.7 Å². The zero-order valence-corrected chi connectivity index (χ0v) is 24.9. The van der Waals surface area contributed by atoms with Crippen LogP contribution in [0.4, 0.5) is 5.69 Å². The van der Waals surface area contributed by atoms with E-state index in [-0.39, 0.29) is 28.8 Å². The number of nitrogens with zero attached hydrogens (tertiary/aromatic N) is 2. The van der Waals surface area contributed by atoms with E-state index in [1.165, 1.54) is 24.3 Å². The van der Waals surface area contributed by atoms with Gasteiger partial charge in [-0.2, -0.15) is 0 Å². The summed E-state index contributed by atoms with van der Waals surface area (Å²) in [5, 5.41) is 25.3. The van der Waals surface area contributed by atoms with Crippen LogP contribution >= 0.6 is 23.2 Å². The monoisotopic (exact) mass is 627 g/mol. The van der Waals surface area contributed by atoms with Gasteiger partial charge in [-0.25, -0.2) is 4.79 Å². The van der Waals surface area contributed by atoms with Gasteiger partial charge in [0.2, 0.25) is 5.91 Å². The Hall–Kier alpha value is -4.15. The van der Waals surface area contributed by atoms with Crippen LogP contribution in [0.15, 0.2) is 66.7 Å². The number of nitro benzene ring substituents is 1. The Morgan fingerprint density at radius 3 is 2.23 bits per heavy atom. The summed E-state index contributed by atoms with van der Waals surface area (Å²) in [6.07, 6.45) is 4.30. The highest BCUT2D eigenvalue weighted by atomic mass is 35.5. The number of amides is 2. The standard InChI is InChI=1S/C31H31Cl2N3O7/c1-43-31(40)27(17-19-7-14-24(37)15-8-19)35(30(39)25-16-13-22(33)18-26(25)36(41)42)28(20-9-11-21(32)12-10-20)29(38)34-23-5-3-2-4-6-23/h7-16,18,23,27-28,37H,2-6,17H2,1H3,(H,34,38)/t27-,28?/m0/s1. The Morgan fingerprint density at radius 1 is 1.00 bits per heavy atom. The lowest BCUT2D eigenvalue weighted by Crippen LogP contribution is -2.54. The molecule has 1 unspecified atom stereocenters. The van der Waals surface area contributed by atoms with Crippen molar-refractivity contribution in [3.05, 3.63) is 104 Å². The first-order valence-electron chi connectivity index (χ1n) is 13.8. The van der Waals surface area contributed by atoms with E-state index in [1.54, 1.807) is 36.4 Å². The van der Waals surface area contributed by atoms with E-state index in [4.69, 9.17) is 27.9 Å². The van der Waals surface area contributed by atoms with E-state index < -0.39 is 40.5 Å². The molecule has 1 aliphatic rings. The molecule has 0 radical (unpaired) electrons. The third-order valence-corrected chi connectivity index (χ3v) is 7.95. The topological polar surface area (TPSA) is 139 Å². The third kappa shape index (κ3) is 7.82. The van der Waals surface area contributed by atoms with Crippen LogP contribution in [-0.4, -0.2) is 51.9 Å². The highest BCUT2D eigenvalue weighted by Crippen LogP contribution is 2.33. The molecule has 0 spiro atoms. The molecule has 0 bridgehead atoms. The van der Waals surface area contributed by atoms with Crippen LogP contribution in [0, 0.1) is 10.1 Å². The van der Waals surface area contributed by atoms with Crippen molar-refractivity contribution in [1.82, 2.24) is 10.2 Å². The molecular weight excluding hydrogens is 597 g/mol. The molecule has 3 aromatic rings. The van der Waals surface area contributed by atoms with Gasteiger partial charge in [-0.05, 0) is 60.4 Å². The van der Waals surface area contributed by atoms with Crippen molar-refractivity contribution in [1.29, 1.82) is 0 Å². The molecule has 1 aliphatic carbocycles. The third-order valence-electron chi connectivity index (χ3n) is 7.46. The number of methoxy groups -OCH3 is 1. The van der Waals surface area contributed by atoms with Crippen LogP contribution in [0.2, 0.25) is 10.0 Å². The van der Waals surface area contributed by atoms with Crippen molar-refractivity contribution in [2.24, 2.45) is 0 Å². The average Bonchev–Trinajstić information content (AvgIpc) is 3.00. The SMILES string of the molecule is COC(=O)[C@H](Cc1ccc(O)cc1)N(C(=O)c1ccc(Cl)cc1[N+](=O)[O-])C(C(=O)NC1CCCCC1)c1ccc(Cl)cc1. The van der Waals surface area contributed by atoms with Gasteiger partial charge in [-0.3, -0.25) is 19.7 Å². The Balaban J connectivity index is 1.92. The number of rotatable bonds is 10. The number of aromatic hydroxyl groups is 1. The molecule has 3 aromatic carbocycles. The van der Waals surface area contributed by atoms with Crippen LogP contribution in [0.25, 0.3) is 0 Å². The molecule has 2 N–H and O–H groups in total.